The van der Waals surface area contributed by atoms with Gasteiger partial charge < -0.3 is 14.2 Å². The molecule has 0 saturated heterocycles. The molecule has 0 fully saturated rings. The molecule has 0 spiro atoms. The van der Waals surface area contributed by atoms with Crippen LogP contribution >= 0.6 is 0 Å². The fourth-order valence-electron chi connectivity index (χ4n) is 10.7. The minimum Gasteiger partial charge on any atom is -0.462 e. The molecule has 472 valence electrons. The Labute approximate surface area is 504 Å². The van der Waals surface area contributed by atoms with Crippen LogP contribution in [0.3, 0.4) is 0 Å². The van der Waals surface area contributed by atoms with Crippen molar-refractivity contribution in [3.63, 3.8) is 0 Å². The van der Waals surface area contributed by atoms with Gasteiger partial charge in [-0.05, 0) is 83.5 Å². The number of unbranched alkanes of at least 4 members (excludes halogenated alkanes) is 45. The van der Waals surface area contributed by atoms with Gasteiger partial charge in [-0.2, -0.15) is 0 Å². The Morgan fingerprint density at radius 2 is 0.481 bits per heavy atom. The van der Waals surface area contributed by atoms with Crippen LogP contribution in [-0.4, -0.2) is 37.2 Å². The van der Waals surface area contributed by atoms with Crippen molar-refractivity contribution in [1.82, 2.24) is 0 Å². The summed E-state index contributed by atoms with van der Waals surface area (Å²) < 4.78 is 17.0. The zero-order valence-corrected chi connectivity index (χ0v) is 54.3. The van der Waals surface area contributed by atoms with E-state index in [9.17, 15) is 14.4 Å². The topological polar surface area (TPSA) is 78.9 Å². The molecule has 0 aliphatic rings. The minimum absolute atomic E-state index is 0.0724. The lowest BCUT2D eigenvalue weighted by Gasteiger charge is -2.18. The van der Waals surface area contributed by atoms with Crippen molar-refractivity contribution in [2.75, 3.05) is 13.2 Å². The number of rotatable bonds is 66. The molecule has 0 radical (unpaired) electrons. The number of hydrogen-bond donors (Lipinski definition) is 0. The Balaban J connectivity index is 4.20. The maximum Gasteiger partial charge on any atom is 0.306 e. The Hall–Kier alpha value is -2.89. The summed E-state index contributed by atoms with van der Waals surface area (Å²) in [6, 6.07) is 0. The van der Waals surface area contributed by atoms with Crippen LogP contribution in [0.5, 0.6) is 0 Å². The van der Waals surface area contributed by atoms with Crippen molar-refractivity contribution in [2.45, 2.75) is 386 Å². The van der Waals surface area contributed by atoms with E-state index in [0.717, 1.165) is 89.9 Å². The number of esters is 3. The van der Waals surface area contributed by atoms with Crippen LogP contribution in [0, 0.1) is 0 Å². The summed E-state index contributed by atoms with van der Waals surface area (Å²) in [4.78, 5) is 38.4. The van der Waals surface area contributed by atoms with E-state index in [0.29, 0.717) is 19.3 Å². The Morgan fingerprint density at radius 3 is 0.790 bits per heavy atom. The van der Waals surface area contributed by atoms with E-state index in [4.69, 9.17) is 14.2 Å². The van der Waals surface area contributed by atoms with E-state index in [-0.39, 0.29) is 31.1 Å². The molecule has 1 atom stereocenters. The Bertz CT molecular complexity index is 1440. The Morgan fingerprint density at radius 1 is 0.259 bits per heavy atom. The molecule has 0 N–H and O–H groups in total. The molecule has 0 heterocycles. The van der Waals surface area contributed by atoms with Gasteiger partial charge in [0.05, 0.1) is 0 Å². The summed E-state index contributed by atoms with van der Waals surface area (Å²) in [5.74, 6) is -0.857. The highest BCUT2D eigenvalue weighted by Crippen LogP contribution is 2.18. The van der Waals surface area contributed by atoms with Crippen LogP contribution < -0.4 is 0 Å². The van der Waals surface area contributed by atoms with Crippen molar-refractivity contribution >= 4 is 17.9 Å². The normalized spacial score (nSPS) is 12.4. The fraction of sp³-hybridized carbons (Fsp3) is 0.827. The highest BCUT2D eigenvalue weighted by molar-refractivity contribution is 5.71. The first-order chi connectivity index (χ1) is 40.0. The molecule has 0 aliphatic heterocycles. The molecule has 0 amide bonds. The van der Waals surface area contributed by atoms with Crippen LogP contribution in [-0.2, 0) is 28.6 Å². The van der Waals surface area contributed by atoms with Crippen LogP contribution in [0.4, 0.5) is 0 Å². The lowest BCUT2D eigenvalue weighted by atomic mass is 10.0. The van der Waals surface area contributed by atoms with Crippen molar-refractivity contribution in [3.05, 3.63) is 60.8 Å². The highest BCUT2D eigenvalue weighted by Gasteiger charge is 2.19. The summed E-state index contributed by atoms with van der Waals surface area (Å²) in [7, 11) is 0. The average molecular weight is 1130 g/mol. The van der Waals surface area contributed by atoms with Crippen molar-refractivity contribution in [1.29, 1.82) is 0 Å². The third-order valence-corrected chi connectivity index (χ3v) is 16.0. The van der Waals surface area contributed by atoms with Crippen molar-refractivity contribution in [3.8, 4) is 0 Å². The van der Waals surface area contributed by atoms with Gasteiger partial charge in [0.25, 0.3) is 0 Å². The average Bonchev–Trinajstić information content (AvgIpc) is 3.47. The van der Waals surface area contributed by atoms with Crippen LogP contribution in [0.25, 0.3) is 0 Å². The monoisotopic (exact) mass is 1130 g/mol. The van der Waals surface area contributed by atoms with E-state index in [1.54, 1.807) is 0 Å². The van der Waals surface area contributed by atoms with E-state index < -0.39 is 6.10 Å². The van der Waals surface area contributed by atoms with E-state index >= 15 is 0 Å². The summed E-state index contributed by atoms with van der Waals surface area (Å²) in [6.07, 6.45) is 89.7. The maximum absolute atomic E-state index is 13.0. The van der Waals surface area contributed by atoms with Crippen LogP contribution in [0.1, 0.15) is 380 Å². The Kier molecular flexibility index (Phi) is 67.1. The van der Waals surface area contributed by atoms with Gasteiger partial charge in [-0.1, -0.05) is 338 Å². The quantitative estimate of drug-likeness (QED) is 0.0261. The van der Waals surface area contributed by atoms with Crippen LogP contribution in [0.2, 0.25) is 0 Å². The van der Waals surface area contributed by atoms with Gasteiger partial charge in [-0.15, -0.1) is 0 Å². The number of allylic oxidation sites excluding steroid dienone is 10. The molecule has 6 heteroatoms. The van der Waals surface area contributed by atoms with Gasteiger partial charge in [-0.3, -0.25) is 14.4 Å². The lowest BCUT2D eigenvalue weighted by Crippen LogP contribution is -2.30. The molecule has 0 bridgehead atoms. The molecule has 0 aliphatic carbocycles. The second-order valence-corrected chi connectivity index (χ2v) is 24.1. The van der Waals surface area contributed by atoms with Gasteiger partial charge in [-0.25, -0.2) is 0 Å². The molecular formula is C75H136O6. The lowest BCUT2D eigenvalue weighted by molar-refractivity contribution is -0.167. The zero-order valence-electron chi connectivity index (χ0n) is 54.3. The van der Waals surface area contributed by atoms with Gasteiger partial charge in [0.15, 0.2) is 6.10 Å². The van der Waals surface area contributed by atoms with Gasteiger partial charge >= 0.3 is 17.9 Å². The van der Waals surface area contributed by atoms with Gasteiger partial charge in [0, 0.05) is 19.3 Å². The van der Waals surface area contributed by atoms with Crippen molar-refractivity contribution in [2.24, 2.45) is 0 Å². The summed E-state index contributed by atoms with van der Waals surface area (Å²) in [5.41, 5.74) is 0. The molecular weight excluding hydrogens is 997 g/mol. The smallest absolute Gasteiger partial charge is 0.306 e. The molecule has 81 heavy (non-hydrogen) atoms. The zero-order chi connectivity index (χ0) is 58.5. The molecule has 0 aromatic carbocycles. The first-order valence-electron chi connectivity index (χ1n) is 35.8. The summed E-state index contributed by atoms with van der Waals surface area (Å²) in [6.45, 7) is 6.56. The molecule has 0 aromatic heterocycles. The fourth-order valence-corrected chi connectivity index (χ4v) is 10.7. The molecule has 0 rings (SSSR count). The third-order valence-electron chi connectivity index (χ3n) is 16.0. The first-order valence-corrected chi connectivity index (χ1v) is 35.8. The second kappa shape index (κ2) is 69.6. The number of carbonyl (C=O) groups is 3. The van der Waals surface area contributed by atoms with E-state index in [1.165, 1.54) is 250 Å². The van der Waals surface area contributed by atoms with Crippen molar-refractivity contribution < 1.29 is 28.6 Å². The highest BCUT2D eigenvalue weighted by atomic mass is 16.6. The minimum atomic E-state index is -0.776. The third kappa shape index (κ3) is 67.8. The van der Waals surface area contributed by atoms with Crippen LogP contribution in [0.15, 0.2) is 60.8 Å². The summed E-state index contributed by atoms with van der Waals surface area (Å²) >= 11 is 0. The largest absolute Gasteiger partial charge is 0.462 e. The standard InChI is InChI=1S/C75H136O6/c1-4-7-10-13-16-19-22-25-27-29-31-33-35-37-38-39-41-42-44-46-48-50-53-56-59-62-65-68-74(77)80-71-72(70-79-73(76)67-64-61-58-55-52-24-21-18-15-12-9-6-3)81-75(78)69-66-63-60-57-54-51-49-47-45-43-40-36-34-32-30-28-26-23-20-17-14-11-8-5-2/h7,10,16,18-19,21,25,27,31,33,72H,4-6,8-9,11-15,17,20,22-24,26,28-30,32,34-71H2,1-3H3/b10-7-,19-16-,21-18-,27-25-,33-31-. The predicted octanol–water partition coefficient (Wildman–Crippen LogP) is 24.7. The van der Waals surface area contributed by atoms with Gasteiger partial charge in [0.2, 0.25) is 0 Å². The van der Waals surface area contributed by atoms with E-state index in [2.05, 4.69) is 81.5 Å². The predicted molar refractivity (Wildman–Crippen MR) is 353 cm³/mol. The second-order valence-electron chi connectivity index (χ2n) is 24.1. The maximum atomic E-state index is 13.0. The number of carbonyl (C=O) groups excluding carboxylic acids is 3. The molecule has 0 aromatic rings. The number of hydrogen-bond acceptors (Lipinski definition) is 6. The molecule has 6 nitrogen and oxygen atoms in total. The summed E-state index contributed by atoms with van der Waals surface area (Å²) in [5, 5.41) is 0. The molecule has 0 saturated carbocycles. The van der Waals surface area contributed by atoms with Gasteiger partial charge in [0.1, 0.15) is 13.2 Å². The first kappa shape index (κ1) is 78.1. The number of ether oxygens (including phenoxy) is 3. The molecule has 1 unspecified atom stereocenters. The van der Waals surface area contributed by atoms with E-state index in [1.807, 2.05) is 0 Å². The SMILES string of the molecule is CC/C=C\C/C=C\C/C=C\C/C=C\CCCCCCCCCCCCCCCCC(=O)OCC(COC(=O)CCCCCCC/C=C\CCCCC)OC(=O)CCCCCCCCCCCCCCCCCCCCCCCCCC.